The number of aliphatic hydroxyl groups excluding tert-OH is 1. The second-order valence-corrected chi connectivity index (χ2v) is 2.79. The monoisotopic (exact) mass is 133 g/mol. The van der Waals surface area contributed by atoms with Gasteiger partial charge in [-0.25, -0.2) is 0 Å². The van der Waals surface area contributed by atoms with Crippen molar-refractivity contribution in [1.29, 1.82) is 0 Å². The SMILES string of the molecule is CSN[C@H]1C[C@H](O)C1. The normalized spacial score (nSPS) is 36.8. The van der Waals surface area contributed by atoms with Gasteiger partial charge in [-0.1, -0.05) is 11.9 Å². The fourth-order valence-electron chi connectivity index (χ4n) is 0.851. The molecule has 0 atom stereocenters. The van der Waals surface area contributed by atoms with Gasteiger partial charge < -0.3 is 5.11 Å². The van der Waals surface area contributed by atoms with Gasteiger partial charge in [0, 0.05) is 6.04 Å². The van der Waals surface area contributed by atoms with Crippen LogP contribution in [0.3, 0.4) is 0 Å². The third kappa shape index (κ3) is 1.37. The number of rotatable bonds is 2. The summed E-state index contributed by atoms with van der Waals surface area (Å²) in [7, 11) is 0. The lowest BCUT2D eigenvalue weighted by atomic mass is 9.91. The molecule has 0 aromatic carbocycles. The van der Waals surface area contributed by atoms with E-state index in [0.717, 1.165) is 12.8 Å². The van der Waals surface area contributed by atoms with Gasteiger partial charge in [0.1, 0.15) is 0 Å². The van der Waals surface area contributed by atoms with Crippen molar-refractivity contribution in [3.05, 3.63) is 0 Å². The zero-order chi connectivity index (χ0) is 5.98. The van der Waals surface area contributed by atoms with E-state index in [2.05, 4.69) is 4.72 Å². The number of aliphatic hydroxyl groups is 1. The molecule has 1 aliphatic rings. The summed E-state index contributed by atoms with van der Waals surface area (Å²) in [5.74, 6) is 0. The Labute approximate surface area is 53.8 Å². The summed E-state index contributed by atoms with van der Waals surface area (Å²) < 4.78 is 3.17. The van der Waals surface area contributed by atoms with Crippen LogP contribution in [0, 0.1) is 0 Å². The van der Waals surface area contributed by atoms with Gasteiger partial charge in [-0.2, -0.15) is 0 Å². The van der Waals surface area contributed by atoms with Gasteiger partial charge in [0.15, 0.2) is 0 Å². The number of hydrogen-bond acceptors (Lipinski definition) is 3. The van der Waals surface area contributed by atoms with Gasteiger partial charge >= 0.3 is 0 Å². The summed E-state index contributed by atoms with van der Waals surface area (Å²) in [6.45, 7) is 0. The summed E-state index contributed by atoms with van der Waals surface area (Å²) in [5, 5.41) is 8.80. The standard InChI is InChI=1S/C5H11NOS/c1-8-6-4-2-5(7)3-4/h4-7H,2-3H2,1H3/t4-,5-. The van der Waals surface area contributed by atoms with Crippen LogP contribution < -0.4 is 4.72 Å². The Morgan fingerprint density at radius 2 is 2.25 bits per heavy atom. The molecule has 1 fully saturated rings. The zero-order valence-electron chi connectivity index (χ0n) is 4.92. The molecular formula is C5H11NOS. The topological polar surface area (TPSA) is 32.3 Å². The van der Waals surface area contributed by atoms with Crippen molar-refractivity contribution in [2.45, 2.75) is 25.0 Å². The first-order valence-corrected chi connectivity index (χ1v) is 4.02. The Morgan fingerprint density at radius 3 is 2.62 bits per heavy atom. The molecule has 0 aromatic heterocycles. The molecule has 2 N–H and O–H groups in total. The highest BCUT2D eigenvalue weighted by Crippen LogP contribution is 2.20. The molecule has 0 heterocycles. The zero-order valence-corrected chi connectivity index (χ0v) is 5.74. The van der Waals surface area contributed by atoms with Gasteiger partial charge in [-0.05, 0) is 19.1 Å². The van der Waals surface area contributed by atoms with Gasteiger partial charge in [-0.3, -0.25) is 4.72 Å². The fourth-order valence-corrected chi connectivity index (χ4v) is 1.38. The first-order chi connectivity index (χ1) is 3.83. The summed E-state index contributed by atoms with van der Waals surface area (Å²) in [6.07, 6.45) is 3.84. The molecule has 8 heavy (non-hydrogen) atoms. The molecule has 3 heteroatoms. The van der Waals surface area contributed by atoms with Crippen LogP contribution in [0.1, 0.15) is 12.8 Å². The van der Waals surface area contributed by atoms with Crippen LogP contribution in [0.25, 0.3) is 0 Å². The average molecular weight is 133 g/mol. The summed E-state index contributed by atoms with van der Waals surface area (Å²) >= 11 is 1.63. The van der Waals surface area contributed by atoms with E-state index in [1.165, 1.54) is 0 Å². The van der Waals surface area contributed by atoms with E-state index in [1.54, 1.807) is 11.9 Å². The molecule has 2 nitrogen and oxygen atoms in total. The quantitative estimate of drug-likeness (QED) is 0.534. The highest BCUT2D eigenvalue weighted by molar-refractivity contribution is 7.96. The molecule has 0 bridgehead atoms. The fraction of sp³-hybridized carbons (Fsp3) is 1.00. The number of hydrogen-bond donors (Lipinski definition) is 2. The van der Waals surface area contributed by atoms with Crippen molar-refractivity contribution >= 4 is 11.9 Å². The second-order valence-electron chi connectivity index (χ2n) is 2.14. The Bertz CT molecular complexity index is 70.1. The van der Waals surface area contributed by atoms with E-state index in [9.17, 15) is 0 Å². The lowest BCUT2D eigenvalue weighted by molar-refractivity contribution is 0.0722. The van der Waals surface area contributed by atoms with Gasteiger partial charge in [-0.15, -0.1) is 0 Å². The molecule has 0 unspecified atom stereocenters. The molecule has 0 spiro atoms. The van der Waals surface area contributed by atoms with Crippen molar-refractivity contribution in [1.82, 2.24) is 4.72 Å². The highest BCUT2D eigenvalue weighted by atomic mass is 32.2. The predicted molar refractivity (Wildman–Crippen MR) is 35.7 cm³/mol. The van der Waals surface area contributed by atoms with Crippen molar-refractivity contribution in [3.63, 3.8) is 0 Å². The Morgan fingerprint density at radius 1 is 1.62 bits per heavy atom. The van der Waals surface area contributed by atoms with Gasteiger partial charge in [0.05, 0.1) is 6.10 Å². The molecule has 0 aliphatic heterocycles. The maximum Gasteiger partial charge on any atom is 0.0570 e. The van der Waals surface area contributed by atoms with Crippen molar-refractivity contribution in [3.8, 4) is 0 Å². The molecule has 1 aliphatic carbocycles. The van der Waals surface area contributed by atoms with Crippen molar-refractivity contribution < 1.29 is 5.11 Å². The summed E-state index contributed by atoms with van der Waals surface area (Å²) in [6, 6.07) is 0.569. The van der Waals surface area contributed by atoms with Gasteiger partial charge in [0.2, 0.25) is 0 Å². The molecule has 0 amide bonds. The van der Waals surface area contributed by atoms with Crippen LogP contribution >= 0.6 is 11.9 Å². The predicted octanol–water partition coefficient (Wildman–Crippen LogP) is 0.377. The van der Waals surface area contributed by atoms with E-state index >= 15 is 0 Å². The maximum absolute atomic E-state index is 8.80. The van der Waals surface area contributed by atoms with Crippen molar-refractivity contribution in [2.75, 3.05) is 6.26 Å². The van der Waals surface area contributed by atoms with Crippen LogP contribution in [-0.2, 0) is 0 Å². The minimum Gasteiger partial charge on any atom is -0.393 e. The van der Waals surface area contributed by atoms with E-state index in [0.29, 0.717) is 6.04 Å². The van der Waals surface area contributed by atoms with E-state index in [4.69, 9.17) is 5.11 Å². The average Bonchev–Trinajstić information content (AvgIpc) is 1.64. The molecule has 48 valence electrons. The Balaban J connectivity index is 1.98. The second kappa shape index (κ2) is 2.71. The minimum atomic E-state index is -0.0281. The third-order valence-corrected chi connectivity index (χ3v) is 1.97. The van der Waals surface area contributed by atoms with Crippen LogP contribution in [0.5, 0.6) is 0 Å². The lowest BCUT2D eigenvalue weighted by Gasteiger charge is -2.30. The van der Waals surface area contributed by atoms with E-state index < -0.39 is 0 Å². The van der Waals surface area contributed by atoms with Gasteiger partial charge in [0.25, 0.3) is 0 Å². The first kappa shape index (κ1) is 6.39. The number of nitrogens with one attached hydrogen (secondary N) is 1. The molecule has 1 rings (SSSR count). The Hall–Kier alpha value is 0.270. The molecule has 0 saturated heterocycles. The molecular weight excluding hydrogens is 122 g/mol. The van der Waals surface area contributed by atoms with Crippen LogP contribution in [0.15, 0.2) is 0 Å². The molecule has 1 saturated carbocycles. The molecule has 0 aromatic rings. The maximum atomic E-state index is 8.80. The smallest absolute Gasteiger partial charge is 0.0570 e. The van der Waals surface area contributed by atoms with Crippen LogP contribution in [0.4, 0.5) is 0 Å². The minimum absolute atomic E-state index is 0.0281. The summed E-state index contributed by atoms with van der Waals surface area (Å²) in [5.41, 5.74) is 0. The highest BCUT2D eigenvalue weighted by Gasteiger charge is 2.25. The van der Waals surface area contributed by atoms with E-state index in [1.807, 2.05) is 6.26 Å². The van der Waals surface area contributed by atoms with Crippen LogP contribution in [-0.4, -0.2) is 23.5 Å². The lowest BCUT2D eigenvalue weighted by Crippen LogP contribution is -2.40. The van der Waals surface area contributed by atoms with Crippen LogP contribution in [0.2, 0.25) is 0 Å². The third-order valence-electron chi connectivity index (χ3n) is 1.40. The molecule has 0 radical (unpaired) electrons. The largest absolute Gasteiger partial charge is 0.393 e. The summed E-state index contributed by atoms with van der Waals surface area (Å²) in [4.78, 5) is 0. The van der Waals surface area contributed by atoms with E-state index in [-0.39, 0.29) is 6.10 Å². The van der Waals surface area contributed by atoms with Crippen molar-refractivity contribution in [2.24, 2.45) is 0 Å². The first-order valence-electron chi connectivity index (χ1n) is 2.79. The Kier molecular flexibility index (Phi) is 2.16.